The Bertz CT molecular complexity index is 856. The molecule has 1 aliphatic rings. The molecule has 2 heterocycles. The second kappa shape index (κ2) is 7.69. The van der Waals surface area contributed by atoms with Crippen molar-refractivity contribution in [2.75, 3.05) is 29.6 Å². The van der Waals surface area contributed by atoms with E-state index in [-0.39, 0.29) is 17.0 Å². The molecule has 0 saturated carbocycles. The number of benzene rings is 1. The highest BCUT2D eigenvalue weighted by Gasteiger charge is 2.23. The first kappa shape index (κ1) is 18.1. The summed E-state index contributed by atoms with van der Waals surface area (Å²) in [6, 6.07) is 7.52. The van der Waals surface area contributed by atoms with E-state index in [1.165, 1.54) is 12.1 Å². The van der Waals surface area contributed by atoms with E-state index in [1.54, 1.807) is 30.6 Å². The molecule has 1 fully saturated rings. The summed E-state index contributed by atoms with van der Waals surface area (Å²) in [4.78, 5) is 23.0. The van der Waals surface area contributed by atoms with Crippen molar-refractivity contribution in [3.63, 3.8) is 0 Å². The molecule has 0 bridgehead atoms. The molecule has 2 aromatic rings. The van der Waals surface area contributed by atoms with Gasteiger partial charge in [0.05, 0.1) is 4.90 Å². The average Bonchev–Trinajstić information content (AvgIpc) is 2.62. The Balaban J connectivity index is 1.56. The van der Waals surface area contributed by atoms with Gasteiger partial charge in [-0.1, -0.05) is 0 Å². The first-order valence-electron chi connectivity index (χ1n) is 8.31. The van der Waals surface area contributed by atoms with Crippen molar-refractivity contribution in [2.24, 2.45) is 0 Å². The van der Waals surface area contributed by atoms with Crippen LogP contribution in [0.3, 0.4) is 0 Å². The number of nitrogens with one attached hydrogen (secondary N) is 2. The summed E-state index contributed by atoms with van der Waals surface area (Å²) in [6.45, 7) is 1.50. The van der Waals surface area contributed by atoms with E-state index in [9.17, 15) is 13.2 Å². The maximum absolute atomic E-state index is 12.2. The predicted molar refractivity (Wildman–Crippen MR) is 99.0 cm³/mol. The van der Waals surface area contributed by atoms with Gasteiger partial charge in [0, 0.05) is 43.5 Å². The Morgan fingerprint density at radius 1 is 1.19 bits per heavy atom. The van der Waals surface area contributed by atoms with Gasteiger partial charge in [-0.3, -0.25) is 0 Å². The minimum atomic E-state index is -3.25. The molecular formula is C17H21N5O3S. The van der Waals surface area contributed by atoms with Crippen LogP contribution in [0.25, 0.3) is 0 Å². The number of carbonyl (C=O) groups is 1. The number of rotatable bonds is 4. The summed E-state index contributed by atoms with van der Waals surface area (Å²) in [5.41, 5.74) is 0.536. The molecule has 8 nitrogen and oxygen atoms in total. The lowest BCUT2D eigenvalue weighted by atomic mass is 10.1. The molecule has 9 heteroatoms. The fourth-order valence-corrected chi connectivity index (χ4v) is 3.50. The summed E-state index contributed by atoms with van der Waals surface area (Å²) in [7, 11) is -3.25. The van der Waals surface area contributed by atoms with Crippen molar-refractivity contribution in [2.45, 2.75) is 23.8 Å². The summed E-state index contributed by atoms with van der Waals surface area (Å²) in [5.74, 6) is 0.663. The van der Waals surface area contributed by atoms with Crippen LogP contribution in [0.4, 0.5) is 16.4 Å². The number of hydrogen-bond donors (Lipinski definition) is 2. The molecule has 26 heavy (non-hydrogen) atoms. The van der Waals surface area contributed by atoms with Crippen LogP contribution in [0.5, 0.6) is 0 Å². The van der Waals surface area contributed by atoms with Gasteiger partial charge in [0.1, 0.15) is 0 Å². The lowest BCUT2D eigenvalue weighted by molar-refractivity contribution is 0.246. The molecule has 138 valence electrons. The molecule has 1 aromatic heterocycles. The molecule has 1 unspecified atom stereocenters. The third kappa shape index (κ3) is 4.69. The number of urea groups is 1. The average molecular weight is 375 g/mol. The lowest BCUT2D eigenvalue weighted by Crippen LogP contribution is -2.49. The maximum atomic E-state index is 12.2. The molecule has 1 saturated heterocycles. The van der Waals surface area contributed by atoms with E-state index < -0.39 is 9.84 Å². The first-order valence-corrected chi connectivity index (χ1v) is 10.2. The van der Waals surface area contributed by atoms with Crippen molar-refractivity contribution in [1.82, 2.24) is 15.3 Å². The van der Waals surface area contributed by atoms with Gasteiger partial charge in [-0.05, 0) is 43.2 Å². The standard InChI is InChI=1S/C17H21N5O3S/c1-26(24,25)15-7-5-13(6-8-15)20-17(23)21-14-4-2-11-22(12-14)16-18-9-3-10-19-16/h3,5-10,14H,2,4,11-12H2,1H3,(H2,20,21,23). The monoisotopic (exact) mass is 375 g/mol. The van der Waals surface area contributed by atoms with Crippen LogP contribution >= 0.6 is 0 Å². The Labute approximate surface area is 152 Å². The predicted octanol–water partition coefficient (Wildman–Crippen LogP) is 1.67. The summed E-state index contributed by atoms with van der Waals surface area (Å²) in [6.07, 6.45) is 6.36. The second-order valence-corrected chi connectivity index (χ2v) is 8.24. The van der Waals surface area contributed by atoms with Crippen molar-refractivity contribution < 1.29 is 13.2 Å². The number of anilines is 2. The SMILES string of the molecule is CS(=O)(=O)c1ccc(NC(=O)NC2CCCN(c3ncccn3)C2)cc1. The fraction of sp³-hybridized carbons (Fsp3) is 0.353. The molecule has 3 rings (SSSR count). The van der Waals surface area contributed by atoms with E-state index >= 15 is 0 Å². The van der Waals surface area contributed by atoms with Gasteiger partial charge in [-0.25, -0.2) is 23.2 Å². The number of aromatic nitrogens is 2. The molecule has 0 aliphatic carbocycles. The molecule has 1 aliphatic heterocycles. The van der Waals surface area contributed by atoms with Crippen molar-refractivity contribution in [1.29, 1.82) is 0 Å². The van der Waals surface area contributed by atoms with E-state index in [0.717, 1.165) is 25.6 Å². The van der Waals surface area contributed by atoms with Crippen LogP contribution in [0.15, 0.2) is 47.6 Å². The minimum Gasteiger partial charge on any atom is -0.339 e. The normalized spacial score (nSPS) is 17.6. The summed E-state index contributed by atoms with van der Waals surface area (Å²) < 4.78 is 22.9. The smallest absolute Gasteiger partial charge is 0.319 e. The zero-order chi connectivity index (χ0) is 18.6. The lowest BCUT2D eigenvalue weighted by Gasteiger charge is -2.33. The fourth-order valence-electron chi connectivity index (χ4n) is 2.87. The van der Waals surface area contributed by atoms with Gasteiger partial charge in [-0.2, -0.15) is 0 Å². The van der Waals surface area contributed by atoms with Gasteiger partial charge in [0.15, 0.2) is 9.84 Å². The third-order valence-electron chi connectivity index (χ3n) is 4.13. The van der Waals surface area contributed by atoms with E-state index in [1.807, 2.05) is 0 Å². The zero-order valence-corrected chi connectivity index (χ0v) is 15.2. The highest BCUT2D eigenvalue weighted by molar-refractivity contribution is 7.90. The number of carbonyl (C=O) groups excluding carboxylic acids is 1. The number of nitrogens with zero attached hydrogens (tertiary/aromatic N) is 3. The van der Waals surface area contributed by atoms with Gasteiger partial charge in [-0.15, -0.1) is 0 Å². The molecule has 1 aromatic carbocycles. The van der Waals surface area contributed by atoms with Crippen LogP contribution in [-0.4, -0.2) is 49.8 Å². The molecule has 1 atom stereocenters. The zero-order valence-electron chi connectivity index (χ0n) is 14.4. The Hall–Kier alpha value is -2.68. The summed E-state index contributed by atoms with van der Waals surface area (Å²) >= 11 is 0. The quantitative estimate of drug-likeness (QED) is 0.842. The van der Waals surface area contributed by atoms with Crippen molar-refractivity contribution >= 4 is 27.5 Å². The molecule has 0 spiro atoms. The third-order valence-corrected chi connectivity index (χ3v) is 5.26. The molecule has 2 N–H and O–H groups in total. The van der Waals surface area contributed by atoms with Gasteiger partial charge in [0.2, 0.25) is 5.95 Å². The molecule has 2 amide bonds. The van der Waals surface area contributed by atoms with E-state index in [0.29, 0.717) is 18.2 Å². The Morgan fingerprint density at radius 3 is 2.54 bits per heavy atom. The number of sulfone groups is 1. The van der Waals surface area contributed by atoms with Crippen LogP contribution in [-0.2, 0) is 9.84 Å². The Kier molecular flexibility index (Phi) is 5.36. The van der Waals surface area contributed by atoms with Gasteiger partial charge < -0.3 is 15.5 Å². The van der Waals surface area contributed by atoms with Crippen LogP contribution in [0.1, 0.15) is 12.8 Å². The van der Waals surface area contributed by atoms with E-state index in [4.69, 9.17) is 0 Å². The number of hydrogen-bond acceptors (Lipinski definition) is 6. The molecular weight excluding hydrogens is 354 g/mol. The second-order valence-electron chi connectivity index (χ2n) is 6.23. The summed E-state index contributed by atoms with van der Waals surface area (Å²) in [5, 5.41) is 5.67. The number of amides is 2. The van der Waals surface area contributed by atoms with Crippen LogP contribution in [0, 0.1) is 0 Å². The largest absolute Gasteiger partial charge is 0.339 e. The highest BCUT2D eigenvalue weighted by atomic mass is 32.2. The highest BCUT2D eigenvalue weighted by Crippen LogP contribution is 2.16. The topological polar surface area (TPSA) is 104 Å². The first-order chi connectivity index (χ1) is 12.4. The van der Waals surface area contributed by atoms with Gasteiger partial charge >= 0.3 is 6.03 Å². The van der Waals surface area contributed by atoms with Crippen molar-refractivity contribution in [3.8, 4) is 0 Å². The van der Waals surface area contributed by atoms with E-state index in [2.05, 4.69) is 25.5 Å². The van der Waals surface area contributed by atoms with Crippen LogP contribution < -0.4 is 15.5 Å². The molecule has 0 radical (unpaired) electrons. The Morgan fingerprint density at radius 2 is 1.88 bits per heavy atom. The van der Waals surface area contributed by atoms with Crippen LogP contribution in [0.2, 0.25) is 0 Å². The number of piperidine rings is 1. The van der Waals surface area contributed by atoms with Gasteiger partial charge in [0.25, 0.3) is 0 Å². The minimum absolute atomic E-state index is 0.0113. The maximum Gasteiger partial charge on any atom is 0.319 e. The van der Waals surface area contributed by atoms with Crippen molar-refractivity contribution in [3.05, 3.63) is 42.7 Å².